The smallest absolute Gasteiger partial charge is 0.161 e. The number of hydrogen-bond donors (Lipinski definition) is 6. The fraction of sp³-hybridized carbons (Fsp3) is 0.684. The minimum atomic E-state index is -4.54. The molecule has 20 unspecified atom stereocenters. The summed E-state index contributed by atoms with van der Waals surface area (Å²) in [6.45, 7) is -8.97. The topological polar surface area (TPSA) is 252 Å². The fourth-order valence-corrected chi connectivity index (χ4v) is 19.1. The zero-order chi connectivity index (χ0) is 152. The first-order valence-corrected chi connectivity index (χ1v) is 46.0. The molecule has 6 saturated heterocycles. The number of aryl methyl sites for hydroxylation is 3. The van der Waals surface area contributed by atoms with Gasteiger partial charge in [0.05, 0.1) is 150 Å². The molecule has 6 fully saturated rings. The molecule has 0 aliphatic carbocycles. The van der Waals surface area contributed by atoms with Crippen LogP contribution >= 0.6 is 0 Å². The Morgan fingerprint density at radius 2 is 0.601 bits per heavy atom. The Bertz CT molecular complexity index is 7840. The minimum Gasteiger partial charge on any atom is -0.493 e. The normalized spacial score (nSPS) is 44.5. The lowest BCUT2D eigenvalue weighted by molar-refractivity contribution is -0.0192. The lowest BCUT2D eigenvalue weighted by Gasteiger charge is -2.46. The van der Waals surface area contributed by atoms with E-state index in [1.807, 2.05) is 0 Å². The van der Waals surface area contributed by atoms with Gasteiger partial charge >= 0.3 is 0 Å². The van der Waals surface area contributed by atoms with Crippen LogP contribution in [0, 0.1) is 70.9 Å². The lowest BCUT2D eigenvalue weighted by atomic mass is 9.79. The van der Waals surface area contributed by atoms with Crippen LogP contribution in [0.2, 0.25) is 0 Å². The summed E-state index contributed by atoms with van der Waals surface area (Å²) in [6.07, 6.45) is -38.2. The van der Waals surface area contributed by atoms with Crippen LogP contribution in [0.4, 0.5) is 0 Å². The van der Waals surface area contributed by atoms with E-state index in [1.165, 1.54) is 49.4 Å². The first-order chi connectivity index (χ1) is 89.2. The lowest BCUT2D eigenvalue weighted by Crippen LogP contribution is -2.48. The second kappa shape index (κ2) is 49.1. The van der Waals surface area contributed by atoms with Gasteiger partial charge in [-0.25, -0.2) is 0 Å². The van der Waals surface area contributed by atoms with Gasteiger partial charge in [-0.15, -0.1) is 0 Å². The van der Waals surface area contributed by atoms with E-state index in [9.17, 15) is 34.8 Å². The molecule has 12 heterocycles. The molecule has 138 heavy (non-hydrogen) atoms. The molecule has 0 spiro atoms. The zero-order valence-corrected chi connectivity index (χ0v) is 81.5. The van der Waals surface area contributed by atoms with E-state index in [2.05, 4.69) is 56.2 Å². The highest BCUT2D eigenvalue weighted by molar-refractivity contribution is 5.55. The van der Waals surface area contributed by atoms with Crippen LogP contribution in [0.3, 0.4) is 0 Å². The molecule has 0 radical (unpaired) electrons. The summed E-state index contributed by atoms with van der Waals surface area (Å²) >= 11 is 0. The summed E-state index contributed by atoms with van der Waals surface area (Å²) < 4.78 is 566. The van der Waals surface area contributed by atoms with Crippen LogP contribution < -0.4 is 56.8 Å². The van der Waals surface area contributed by atoms with E-state index in [4.69, 9.17) is 135 Å². The van der Waals surface area contributed by atoms with E-state index < -0.39 is 269 Å². The Morgan fingerprint density at radius 3 is 0.884 bits per heavy atom. The van der Waals surface area contributed by atoms with Gasteiger partial charge < -0.3 is 87.5 Å². The monoisotopic (exact) mass is 1980 g/mol. The number of aliphatic hydroxyl groups excluding tert-OH is 3. The Balaban J connectivity index is 0.000000193. The average molecular weight is 1980 g/mol. The molecule has 18 rings (SSSR count). The summed E-state index contributed by atoms with van der Waals surface area (Å²) in [4.78, 5) is 5.95. The molecule has 0 amide bonds. The predicted molar refractivity (Wildman–Crippen MR) is 547 cm³/mol. The maximum absolute atomic E-state index is 11.5. The molecule has 6 N–H and O–H groups in total. The van der Waals surface area contributed by atoms with Crippen LogP contribution in [-0.4, -0.2) is 260 Å². The molecule has 6 aromatic carbocycles. The molecule has 0 bridgehead atoms. The van der Waals surface area contributed by atoms with Crippen LogP contribution in [0.25, 0.3) is 0 Å². The maximum atomic E-state index is 11.5. The van der Waals surface area contributed by atoms with Crippen molar-refractivity contribution in [1.82, 2.24) is 29.4 Å². The number of nitrogens with zero attached hydrogens (tertiary/aromatic N) is 6. The molecular weight excluding hydrogens is 1740 g/mol. The van der Waals surface area contributed by atoms with Crippen LogP contribution in [0.5, 0.6) is 69.0 Å². The van der Waals surface area contributed by atoms with Gasteiger partial charge in [-0.1, -0.05) is 82.9 Å². The van der Waals surface area contributed by atoms with Crippen molar-refractivity contribution in [3.05, 3.63) is 139 Å². The molecule has 12 aliphatic heterocycles. The standard InChI is InChI=1S/6C19H29NO3/c6*1-12(2)7-14-11-20-6-5-13-8-18(22-3)19(23-4)9-15(13)16(20)10-17(14)21/h6*8-9,12,14,16-17,21H,5-7,10-11H2,1-4H3/i1D3,4D3,5D2,6D2,7D2,10D2,11D2,12D,14D,16D,17D;1D3,5D2,6D2,7D2,10D2,11D2,12D,14D,16D,17D;4D3,5D2,6D2,10D2,11D2,14D,16D,17D;4D3,8D,9D;2*8D,9D. The van der Waals surface area contributed by atoms with Crippen molar-refractivity contribution in [2.45, 2.75) is 271 Å². The van der Waals surface area contributed by atoms with Gasteiger partial charge in [0.2, 0.25) is 0 Å². The molecule has 768 valence electrons. The Kier molecular flexibility index (Phi) is 19.0. The molecule has 20 atom stereocenters. The van der Waals surface area contributed by atoms with Crippen molar-refractivity contribution in [2.75, 3.05) is 163 Å². The Hall–Kier alpha value is -7.56. The number of benzene rings is 6. The van der Waals surface area contributed by atoms with Crippen LogP contribution in [-0.2, 0) is 38.4 Å². The second-order valence-electron chi connectivity index (χ2n) is 36.8. The minimum absolute atomic E-state index is 0.0117. The molecule has 24 heteroatoms. The average Bonchev–Trinajstić information content (AvgIpc) is 0.624. The molecule has 24 nitrogen and oxygen atoms in total. The molecule has 12 aliphatic rings. The van der Waals surface area contributed by atoms with Gasteiger partial charge in [-0.2, -0.15) is 0 Å². The maximum Gasteiger partial charge on any atom is 0.161 e. The molecule has 0 aromatic heterocycles. The number of hydrogen-bond acceptors (Lipinski definition) is 24. The van der Waals surface area contributed by atoms with E-state index in [0.29, 0.717) is 128 Å². The number of piperidine rings is 6. The van der Waals surface area contributed by atoms with Crippen molar-refractivity contribution in [3.8, 4) is 69.0 Å². The van der Waals surface area contributed by atoms with Gasteiger partial charge in [0.1, 0.15) is 0 Å². The number of methoxy groups -OCH3 is 12. The van der Waals surface area contributed by atoms with Gasteiger partial charge in [0.15, 0.2) is 69.0 Å². The highest BCUT2D eigenvalue weighted by Gasteiger charge is 2.47. The number of fused-ring (bicyclic) bond motifs is 18. The third-order valence-electron chi connectivity index (χ3n) is 25.4. The van der Waals surface area contributed by atoms with E-state index in [-0.39, 0.29) is 93.8 Å². The van der Waals surface area contributed by atoms with E-state index >= 15 is 0 Å². The van der Waals surface area contributed by atoms with Gasteiger partial charge in [0.25, 0.3) is 0 Å². The molecular formula is C114H174N6O18. The van der Waals surface area contributed by atoms with Gasteiger partial charge in [-0.05, 0) is 326 Å². The van der Waals surface area contributed by atoms with Crippen LogP contribution in [0.15, 0.2) is 72.7 Å². The Labute approximate surface area is 911 Å². The largest absolute Gasteiger partial charge is 0.493 e. The SMILES string of the molecule is [2H]C([2H])([2H])C([2H])(C)C([2H])([2H])C1([2H])C([2H])([2H])N2C([2H])([2H])C([2H])([2H])c3cc(OC)c(OC)cc3C2([2H])C([2H])([2H])C1([2H])O.[2H]C([2H])([2H])Oc1cc2c(cc1OC)C([2H])([2H])C([2H])([2H])N1C([2H])([2H])C([2H])(C([2H])([2H])C([2H])(C)C([2H])([2H])[2H])C([2H])(O)C([2H])([2H])C21[2H].[2H]C([2H])([2H])Oc1cc2c(cc1OC)C([2H])([2H])C([2H])([2H])N1C([2H])([2H])C([2H])(CC(C)C)C([2H])(O)C([2H])([2H])C21[2H].[2H]c1c2c(c([2H])c(OC([2H])([2H])[2H])c1OC)C1CC(O)C(CC(C)C)CN1CC2.[2H]c1c2c(c([2H])c(OC)c1OC)C1CC(O)C(CC(C)C)CN1CC2.[2H]c1c2c(c([2H])c(OC)c1OC)C1CC(O)C(CC(C)C)CN1CC2. The van der Waals surface area contributed by atoms with E-state index in [1.54, 1.807) is 0 Å². The summed E-state index contributed by atoms with van der Waals surface area (Å²) in [5, 5.41) is 66.2. The van der Waals surface area contributed by atoms with Crippen molar-refractivity contribution in [1.29, 1.82) is 0 Å². The molecule has 6 aromatic rings. The van der Waals surface area contributed by atoms with Crippen molar-refractivity contribution in [2.24, 2.45) is 70.9 Å². The first kappa shape index (κ1) is 53.3. The van der Waals surface area contributed by atoms with Crippen molar-refractivity contribution < 1.29 is 170 Å². The predicted octanol–water partition coefficient (Wildman–Crippen LogP) is 18.2. The van der Waals surface area contributed by atoms with Crippen LogP contribution in [0.1, 0.15) is 345 Å². The third-order valence-corrected chi connectivity index (χ3v) is 25.4. The summed E-state index contributed by atoms with van der Waals surface area (Å²) in [6, 6.07) is -5.38. The number of ether oxygens (including phenoxy) is 12. The fourth-order valence-electron chi connectivity index (χ4n) is 19.1. The third kappa shape index (κ3) is 25.4. The van der Waals surface area contributed by atoms with Gasteiger partial charge in [0, 0.05) is 168 Å². The van der Waals surface area contributed by atoms with E-state index in [0.717, 1.165) is 146 Å². The summed E-state index contributed by atoms with van der Waals surface area (Å²) in [7, 11) is 2.70. The first-order valence-electron chi connectivity index (χ1n) is 76.0. The second-order valence-corrected chi connectivity index (χ2v) is 36.8. The summed E-state index contributed by atoms with van der Waals surface area (Å²) in [5.41, 5.74) is -0.365. The van der Waals surface area contributed by atoms with Gasteiger partial charge in [-0.3, -0.25) is 29.4 Å². The highest BCUT2D eigenvalue weighted by Crippen LogP contribution is 2.52. The molecule has 0 saturated carbocycles. The zero-order valence-electron chi connectivity index (χ0n) is 142. The number of rotatable bonds is 24. The summed E-state index contributed by atoms with van der Waals surface area (Å²) in [5.74, 6) is -19.0. The quantitative estimate of drug-likeness (QED) is 0.0329. The Morgan fingerprint density at radius 1 is 0.341 bits per heavy atom. The number of aliphatic hydroxyl groups is 6. The van der Waals surface area contributed by atoms with Crippen molar-refractivity contribution >= 4 is 0 Å². The van der Waals surface area contributed by atoms with Crippen molar-refractivity contribution in [3.63, 3.8) is 0 Å². The highest BCUT2D eigenvalue weighted by atomic mass is 16.5.